The van der Waals surface area contributed by atoms with E-state index in [-0.39, 0.29) is 10.6 Å². The van der Waals surface area contributed by atoms with Crippen LogP contribution in [0.1, 0.15) is 24.8 Å². The SMILES string of the molecule is Cc1ccc(NN2CCCCC2)c([N+](=O)[O-])c1. The highest BCUT2D eigenvalue weighted by atomic mass is 16.6. The van der Waals surface area contributed by atoms with Gasteiger partial charge in [-0.3, -0.25) is 10.1 Å². The molecule has 1 fully saturated rings. The summed E-state index contributed by atoms with van der Waals surface area (Å²) in [5, 5.41) is 13.0. The maximum atomic E-state index is 11.0. The number of hydrogen-bond acceptors (Lipinski definition) is 4. The van der Waals surface area contributed by atoms with Gasteiger partial charge in [-0.1, -0.05) is 12.5 Å². The molecule has 0 radical (unpaired) electrons. The molecule has 5 heteroatoms. The summed E-state index contributed by atoms with van der Waals surface area (Å²) in [6, 6.07) is 5.27. The van der Waals surface area contributed by atoms with Gasteiger partial charge < -0.3 is 5.43 Å². The summed E-state index contributed by atoms with van der Waals surface area (Å²) in [4.78, 5) is 10.6. The quantitative estimate of drug-likeness (QED) is 0.646. The number of piperidine rings is 1. The van der Waals surface area contributed by atoms with E-state index in [4.69, 9.17) is 0 Å². The van der Waals surface area contributed by atoms with Crippen molar-refractivity contribution in [3.05, 3.63) is 33.9 Å². The van der Waals surface area contributed by atoms with E-state index in [2.05, 4.69) is 10.4 Å². The third-order valence-corrected chi connectivity index (χ3v) is 2.98. The molecular weight excluding hydrogens is 218 g/mol. The van der Waals surface area contributed by atoms with Crippen molar-refractivity contribution in [3.8, 4) is 0 Å². The maximum absolute atomic E-state index is 11.0. The molecule has 0 bridgehead atoms. The van der Waals surface area contributed by atoms with Gasteiger partial charge in [0.05, 0.1) is 4.92 Å². The van der Waals surface area contributed by atoms with Crippen molar-refractivity contribution in [3.63, 3.8) is 0 Å². The smallest absolute Gasteiger partial charge is 0.293 e. The van der Waals surface area contributed by atoms with Gasteiger partial charge in [-0.25, -0.2) is 5.01 Å². The second-order valence-electron chi connectivity index (χ2n) is 4.44. The van der Waals surface area contributed by atoms with Crippen LogP contribution < -0.4 is 5.43 Å². The monoisotopic (exact) mass is 235 g/mol. The highest BCUT2D eigenvalue weighted by molar-refractivity contribution is 5.61. The van der Waals surface area contributed by atoms with Crippen molar-refractivity contribution in [1.82, 2.24) is 5.01 Å². The lowest BCUT2D eigenvalue weighted by Crippen LogP contribution is -2.35. The molecule has 2 rings (SSSR count). The van der Waals surface area contributed by atoms with Crippen LogP contribution in [0.5, 0.6) is 0 Å². The Morgan fingerprint density at radius 1 is 1.29 bits per heavy atom. The Bertz CT molecular complexity index is 414. The van der Waals surface area contributed by atoms with Gasteiger partial charge in [0.15, 0.2) is 0 Å². The molecule has 0 amide bonds. The molecule has 17 heavy (non-hydrogen) atoms. The molecule has 0 spiro atoms. The van der Waals surface area contributed by atoms with Gasteiger partial charge in [-0.15, -0.1) is 0 Å². The molecular formula is C12H17N3O2. The van der Waals surface area contributed by atoms with Gasteiger partial charge in [-0.05, 0) is 31.4 Å². The van der Waals surface area contributed by atoms with E-state index in [1.54, 1.807) is 12.1 Å². The van der Waals surface area contributed by atoms with Crippen LogP contribution in [0.15, 0.2) is 18.2 Å². The van der Waals surface area contributed by atoms with Crippen molar-refractivity contribution in [2.24, 2.45) is 0 Å². The number of rotatable bonds is 3. The Hall–Kier alpha value is -1.62. The number of aryl methyl sites for hydroxylation is 1. The molecule has 1 N–H and O–H groups in total. The van der Waals surface area contributed by atoms with Crippen LogP contribution in [0.2, 0.25) is 0 Å². The molecule has 1 saturated heterocycles. The zero-order chi connectivity index (χ0) is 12.3. The van der Waals surface area contributed by atoms with Crippen molar-refractivity contribution >= 4 is 11.4 Å². The number of nitrogens with one attached hydrogen (secondary N) is 1. The molecule has 0 atom stereocenters. The molecule has 1 aromatic rings. The van der Waals surface area contributed by atoms with E-state index in [1.807, 2.05) is 13.0 Å². The first-order valence-electron chi connectivity index (χ1n) is 5.93. The fourth-order valence-corrected chi connectivity index (χ4v) is 2.06. The van der Waals surface area contributed by atoms with E-state index in [1.165, 1.54) is 6.42 Å². The molecule has 1 heterocycles. The lowest BCUT2D eigenvalue weighted by atomic mass is 10.1. The first kappa shape index (κ1) is 11.9. The molecule has 1 aromatic carbocycles. The van der Waals surface area contributed by atoms with Gasteiger partial charge >= 0.3 is 0 Å². The summed E-state index contributed by atoms with van der Waals surface area (Å²) in [7, 11) is 0. The summed E-state index contributed by atoms with van der Waals surface area (Å²) in [6.07, 6.45) is 3.54. The molecule has 0 aliphatic carbocycles. The van der Waals surface area contributed by atoms with E-state index in [0.29, 0.717) is 5.69 Å². The number of nitro benzene ring substituents is 1. The fourth-order valence-electron chi connectivity index (χ4n) is 2.06. The number of nitrogens with zero attached hydrogens (tertiary/aromatic N) is 2. The van der Waals surface area contributed by atoms with Crippen LogP contribution in [-0.2, 0) is 0 Å². The molecule has 1 aliphatic rings. The van der Waals surface area contributed by atoms with Crippen LogP contribution in [0.4, 0.5) is 11.4 Å². The number of nitro groups is 1. The highest BCUT2D eigenvalue weighted by Gasteiger charge is 2.17. The van der Waals surface area contributed by atoms with E-state index < -0.39 is 0 Å². The summed E-state index contributed by atoms with van der Waals surface area (Å²) >= 11 is 0. The Labute approximate surface area is 101 Å². The third kappa shape index (κ3) is 2.94. The molecule has 92 valence electrons. The largest absolute Gasteiger partial charge is 0.313 e. The minimum absolute atomic E-state index is 0.149. The second-order valence-corrected chi connectivity index (χ2v) is 4.44. The Balaban J connectivity index is 2.16. The van der Waals surface area contributed by atoms with Crippen LogP contribution in [-0.4, -0.2) is 23.0 Å². The normalized spacial score (nSPS) is 16.8. The van der Waals surface area contributed by atoms with Crippen molar-refractivity contribution in [2.75, 3.05) is 18.5 Å². The van der Waals surface area contributed by atoms with E-state index >= 15 is 0 Å². The predicted molar refractivity (Wildman–Crippen MR) is 66.9 cm³/mol. The minimum Gasteiger partial charge on any atom is -0.313 e. The zero-order valence-corrected chi connectivity index (χ0v) is 9.98. The summed E-state index contributed by atoms with van der Waals surface area (Å²) in [5.74, 6) is 0. The molecule has 0 saturated carbocycles. The van der Waals surface area contributed by atoms with E-state index in [9.17, 15) is 10.1 Å². The van der Waals surface area contributed by atoms with Gasteiger partial charge in [0.1, 0.15) is 5.69 Å². The zero-order valence-electron chi connectivity index (χ0n) is 9.98. The topological polar surface area (TPSA) is 58.4 Å². The second kappa shape index (κ2) is 5.14. The van der Waals surface area contributed by atoms with Gasteiger partial charge in [0.2, 0.25) is 0 Å². The van der Waals surface area contributed by atoms with Crippen LogP contribution in [0.25, 0.3) is 0 Å². The van der Waals surface area contributed by atoms with Crippen molar-refractivity contribution in [1.29, 1.82) is 0 Å². The number of benzene rings is 1. The van der Waals surface area contributed by atoms with Crippen molar-refractivity contribution in [2.45, 2.75) is 26.2 Å². The Morgan fingerprint density at radius 2 is 2.00 bits per heavy atom. The summed E-state index contributed by atoms with van der Waals surface area (Å²) in [6.45, 7) is 3.76. The summed E-state index contributed by atoms with van der Waals surface area (Å²) in [5.41, 5.74) is 4.79. The minimum atomic E-state index is -0.334. The molecule has 5 nitrogen and oxygen atoms in total. The van der Waals surface area contributed by atoms with Crippen LogP contribution in [0, 0.1) is 17.0 Å². The van der Waals surface area contributed by atoms with E-state index in [0.717, 1.165) is 31.5 Å². The number of hydrogen-bond donors (Lipinski definition) is 1. The van der Waals surface area contributed by atoms with Crippen molar-refractivity contribution < 1.29 is 4.92 Å². The van der Waals surface area contributed by atoms with Gasteiger partial charge in [-0.2, -0.15) is 0 Å². The maximum Gasteiger partial charge on any atom is 0.293 e. The average Bonchev–Trinajstić information content (AvgIpc) is 2.32. The lowest BCUT2D eigenvalue weighted by molar-refractivity contribution is -0.384. The third-order valence-electron chi connectivity index (χ3n) is 2.98. The lowest BCUT2D eigenvalue weighted by Gasteiger charge is -2.27. The first-order chi connectivity index (χ1) is 8.16. The van der Waals surface area contributed by atoms with Gasteiger partial charge in [0.25, 0.3) is 5.69 Å². The van der Waals surface area contributed by atoms with Gasteiger partial charge in [0, 0.05) is 19.2 Å². The molecule has 0 unspecified atom stereocenters. The Morgan fingerprint density at radius 3 is 2.65 bits per heavy atom. The predicted octanol–water partition coefficient (Wildman–Crippen LogP) is 2.72. The molecule has 1 aliphatic heterocycles. The fraction of sp³-hybridized carbons (Fsp3) is 0.500. The number of hydrazine groups is 1. The van der Waals surface area contributed by atoms with Crippen LogP contribution >= 0.6 is 0 Å². The average molecular weight is 235 g/mol. The first-order valence-corrected chi connectivity index (χ1v) is 5.93. The Kier molecular flexibility index (Phi) is 3.58. The molecule has 0 aromatic heterocycles. The standard InChI is InChI=1S/C12H17N3O2/c1-10-5-6-11(12(9-10)15(16)17)13-14-7-3-2-4-8-14/h5-6,9,13H,2-4,7-8H2,1H3. The summed E-state index contributed by atoms with van der Waals surface area (Å²) < 4.78 is 0. The van der Waals surface area contributed by atoms with Crippen LogP contribution in [0.3, 0.4) is 0 Å². The number of anilines is 1. The highest BCUT2D eigenvalue weighted by Crippen LogP contribution is 2.26.